The number of phenols is 1. The van der Waals surface area contributed by atoms with Crippen molar-refractivity contribution in [3.63, 3.8) is 0 Å². The summed E-state index contributed by atoms with van der Waals surface area (Å²) in [5.74, 6) is -5.76. The maximum atomic E-state index is 12.7. The lowest BCUT2D eigenvalue weighted by molar-refractivity contribution is -0.160. The molecule has 0 aliphatic carbocycles. The molecule has 9 nitrogen and oxygen atoms in total. The Balaban J connectivity index is 3.58. The molecule has 0 bridgehead atoms. The van der Waals surface area contributed by atoms with E-state index in [1.54, 1.807) is 0 Å². The van der Waals surface area contributed by atoms with E-state index < -0.39 is 48.7 Å². The van der Waals surface area contributed by atoms with Crippen LogP contribution in [0.25, 0.3) is 0 Å². The monoisotopic (exact) mass is 365 g/mol. The predicted molar refractivity (Wildman–Crippen MR) is 88.8 cm³/mol. The Hall–Kier alpha value is -3.20. The molecule has 26 heavy (non-hydrogen) atoms. The summed E-state index contributed by atoms with van der Waals surface area (Å²) in [4.78, 5) is 47.7. The molecule has 140 valence electrons. The van der Waals surface area contributed by atoms with E-state index in [4.69, 9.17) is 10.2 Å². The first-order valence-electron chi connectivity index (χ1n) is 7.41. The number of carbonyl (C=O) groups excluding carboxylic acids is 1. The van der Waals surface area contributed by atoms with Crippen LogP contribution in [0, 0.1) is 0 Å². The van der Waals surface area contributed by atoms with Crippen LogP contribution in [-0.2, 0) is 25.6 Å². The maximum absolute atomic E-state index is 12.7. The molecule has 0 heterocycles. The first-order chi connectivity index (χ1) is 12.0. The SMILES string of the molecule is C=C(C)C(=O)[C@](Cc1ccc(O)cc1)(C(=O)O)N(CC(=O)O)CC(=O)O. The molecular weight excluding hydrogens is 346 g/mol. The fraction of sp³-hybridized carbons (Fsp3) is 0.294. The maximum Gasteiger partial charge on any atom is 0.332 e. The molecule has 0 saturated carbocycles. The van der Waals surface area contributed by atoms with Gasteiger partial charge < -0.3 is 20.4 Å². The number of carboxylic acid groups (broad SMARTS) is 3. The standard InChI is InChI=1S/C17H19NO8/c1-10(2)15(24)17(16(25)26,7-11-3-5-12(19)6-4-11)18(8-13(20)21)9-14(22)23/h3-6,19H,1,7-9H2,2H3,(H,20,21)(H,22,23)(H,25,26)/t17-/m1/s1. The van der Waals surface area contributed by atoms with Gasteiger partial charge in [0, 0.05) is 6.42 Å². The van der Waals surface area contributed by atoms with E-state index in [2.05, 4.69) is 6.58 Å². The molecule has 0 fully saturated rings. The number of hydrogen-bond donors (Lipinski definition) is 4. The van der Waals surface area contributed by atoms with E-state index in [0.717, 1.165) is 0 Å². The van der Waals surface area contributed by atoms with Crippen molar-refractivity contribution in [3.8, 4) is 5.75 Å². The first-order valence-corrected chi connectivity index (χ1v) is 7.41. The number of phenolic OH excluding ortho intramolecular Hbond substituents is 1. The van der Waals surface area contributed by atoms with Gasteiger partial charge in [-0.3, -0.25) is 19.3 Å². The van der Waals surface area contributed by atoms with Crippen molar-refractivity contribution in [2.75, 3.05) is 13.1 Å². The minimum absolute atomic E-state index is 0.0890. The lowest BCUT2D eigenvalue weighted by Crippen LogP contribution is -2.64. The summed E-state index contributed by atoms with van der Waals surface area (Å²) in [6.45, 7) is 2.73. The van der Waals surface area contributed by atoms with Crippen molar-refractivity contribution in [1.29, 1.82) is 0 Å². The van der Waals surface area contributed by atoms with Crippen molar-refractivity contribution >= 4 is 23.7 Å². The third-order valence-electron chi connectivity index (χ3n) is 3.71. The molecule has 0 aliphatic heterocycles. The molecule has 1 atom stereocenters. The summed E-state index contributed by atoms with van der Waals surface area (Å²) in [7, 11) is 0. The van der Waals surface area contributed by atoms with Crippen LogP contribution in [0.1, 0.15) is 12.5 Å². The lowest BCUT2D eigenvalue weighted by Gasteiger charge is -2.37. The quantitative estimate of drug-likeness (QED) is 0.340. The Morgan fingerprint density at radius 3 is 1.81 bits per heavy atom. The van der Waals surface area contributed by atoms with Gasteiger partial charge in [0.15, 0.2) is 11.3 Å². The molecule has 0 amide bonds. The second kappa shape index (κ2) is 8.26. The third kappa shape index (κ3) is 4.67. The Morgan fingerprint density at radius 2 is 1.46 bits per heavy atom. The van der Waals surface area contributed by atoms with Gasteiger partial charge in [-0.25, -0.2) is 4.79 Å². The third-order valence-corrected chi connectivity index (χ3v) is 3.71. The van der Waals surface area contributed by atoms with Crippen molar-refractivity contribution < 1.29 is 39.6 Å². The molecule has 9 heteroatoms. The number of ketones is 1. The number of nitrogens with zero attached hydrogens (tertiary/aromatic N) is 1. The van der Waals surface area contributed by atoms with Gasteiger partial charge in [0.2, 0.25) is 0 Å². The molecule has 0 aromatic heterocycles. The molecule has 0 aliphatic rings. The number of rotatable bonds is 10. The van der Waals surface area contributed by atoms with Crippen LogP contribution in [0.4, 0.5) is 0 Å². The van der Waals surface area contributed by atoms with E-state index in [1.807, 2.05) is 0 Å². The topological polar surface area (TPSA) is 152 Å². The summed E-state index contributed by atoms with van der Waals surface area (Å²) in [6, 6.07) is 5.26. The van der Waals surface area contributed by atoms with Gasteiger partial charge in [-0.05, 0) is 30.2 Å². The molecule has 0 radical (unpaired) electrons. The normalized spacial score (nSPS) is 13.0. The van der Waals surface area contributed by atoms with Crippen LogP contribution in [0.2, 0.25) is 0 Å². The highest BCUT2D eigenvalue weighted by molar-refractivity contribution is 6.15. The van der Waals surface area contributed by atoms with Gasteiger partial charge in [-0.2, -0.15) is 0 Å². The van der Waals surface area contributed by atoms with Gasteiger partial charge in [0.1, 0.15) is 5.75 Å². The number of carbonyl (C=O) groups is 4. The largest absolute Gasteiger partial charge is 0.508 e. The number of carboxylic acids is 3. The smallest absolute Gasteiger partial charge is 0.332 e. The van der Waals surface area contributed by atoms with Gasteiger partial charge >= 0.3 is 17.9 Å². The van der Waals surface area contributed by atoms with Crippen LogP contribution in [-0.4, -0.2) is 67.6 Å². The van der Waals surface area contributed by atoms with Gasteiger partial charge in [0.25, 0.3) is 0 Å². The molecule has 4 N–H and O–H groups in total. The van der Waals surface area contributed by atoms with E-state index >= 15 is 0 Å². The fourth-order valence-corrected chi connectivity index (χ4v) is 2.56. The van der Waals surface area contributed by atoms with Gasteiger partial charge in [0.05, 0.1) is 13.1 Å². The summed E-state index contributed by atoms with van der Waals surface area (Å²) in [5, 5.41) is 37.3. The zero-order valence-corrected chi connectivity index (χ0v) is 14.0. The average molecular weight is 365 g/mol. The van der Waals surface area contributed by atoms with Crippen LogP contribution >= 0.6 is 0 Å². The Kier molecular flexibility index (Phi) is 6.62. The van der Waals surface area contributed by atoms with Crippen LogP contribution < -0.4 is 0 Å². The summed E-state index contributed by atoms with van der Waals surface area (Å²) in [6.07, 6.45) is -0.505. The predicted octanol–water partition coefficient (Wildman–Crippen LogP) is 0.374. The first kappa shape index (κ1) is 20.8. The highest BCUT2D eigenvalue weighted by Gasteiger charge is 2.52. The molecule has 1 aromatic carbocycles. The molecule has 0 saturated heterocycles. The number of Topliss-reactive ketones (excluding diaryl/α,β-unsaturated/α-hetero) is 1. The lowest BCUT2D eigenvalue weighted by atomic mass is 9.82. The Morgan fingerprint density at radius 1 is 1.00 bits per heavy atom. The van der Waals surface area contributed by atoms with Crippen molar-refractivity contribution in [2.24, 2.45) is 0 Å². The zero-order valence-electron chi connectivity index (χ0n) is 14.0. The van der Waals surface area contributed by atoms with Crippen molar-refractivity contribution in [3.05, 3.63) is 42.0 Å². The molecule has 0 unspecified atom stereocenters. The number of aromatic hydroxyl groups is 1. The van der Waals surface area contributed by atoms with E-state index in [0.29, 0.717) is 10.5 Å². The van der Waals surface area contributed by atoms with E-state index in [-0.39, 0.29) is 11.3 Å². The molecule has 1 rings (SSSR count). The number of hydrogen-bond acceptors (Lipinski definition) is 6. The van der Waals surface area contributed by atoms with Crippen molar-refractivity contribution in [1.82, 2.24) is 4.90 Å². The van der Waals surface area contributed by atoms with Gasteiger partial charge in [-0.15, -0.1) is 0 Å². The fourth-order valence-electron chi connectivity index (χ4n) is 2.56. The van der Waals surface area contributed by atoms with Gasteiger partial charge in [-0.1, -0.05) is 18.7 Å². The number of benzene rings is 1. The van der Waals surface area contributed by atoms with Crippen LogP contribution in [0.15, 0.2) is 36.4 Å². The van der Waals surface area contributed by atoms with Crippen LogP contribution in [0.5, 0.6) is 5.75 Å². The summed E-state index contributed by atoms with van der Waals surface area (Å²) < 4.78 is 0. The molecule has 1 aromatic rings. The Bertz CT molecular complexity index is 724. The van der Waals surface area contributed by atoms with E-state index in [9.17, 15) is 29.4 Å². The summed E-state index contributed by atoms with van der Waals surface area (Å²) in [5.41, 5.74) is -2.34. The van der Waals surface area contributed by atoms with Crippen molar-refractivity contribution in [2.45, 2.75) is 18.9 Å². The van der Waals surface area contributed by atoms with E-state index in [1.165, 1.54) is 31.2 Å². The zero-order chi connectivity index (χ0) is 20.1. The van der Waals surface area contributed by atoms with Crippen LogP contribution in [0.3, 0.4) is 0 Å². The molecule has 0 spiro atoms. The Labute approximate surface area is 148 Å². The minimum atomic E-state index is -2.47. The summed E-state index contributed by atoms with van der Waals surface area (Å²) >= 11 is 0. The average Bonchev–Trinajstić information content (AvgIpc) is 2.51. The second-order valence-corrected chi connectivity index (χ2v) is 5.76. The second-order valence-electron chi connectivity index (χ2n) is 5.76. The molecular formula is C17H19NO8. The highest BCUT2D eigenvalue weighted by Crippen LogP contribution is 2.27. The minimum Gasteiger partial charge on any atom is -0.508 e. The highest BCUT2D eigenvalue weighted by atomic mass is 16.4. The number of aliphatic carboxylic acids is 3.